The van der Waals surface area contributed by atoms with Crippen molar-refractivity contribution in [3.63, 3.8) is 0 Å². The molecule has 1 heterocycles. The maximum absolute atomic E-state index is 12.9. The molecule has 0 bridgehead atoms. The zero-order chi connectivity index (χ0) is 19.9. The Balaban J connectivity index is 0.000000451. The molecule has 1 amide bonds. The third-order valence-corrected chi connectivity index (χ3v) is 5.47. The Morgan fingerprint density at radius 1 is 1.19 bits per heavy atom. The number of ether oxygens (including phenoxy) is 1. The Hall–Kier alpha value is -1.41. The molecule has 3 rings (SSSR count). The van der Waals surface area contributed by atoms with Gasteiger partial charge in [-0.15, -0.1) is 11.8 Å². The largest absolute Gasteiger partial charge is 0.496 e. The van der Waals surface area contributed by atoms with E-state index in [9.17, 15) is 18.0 Å². The third-order valence-electron chi connectivity index (χ3n) is 4.71. The first-order valence-electron chi connectivity index (χ1n) is 9.21. The van der Waals surface area contributed by atoms with Gasteiger partial charge in [-0.3, -0.25) is 4.79 Å². The summed E-state index contributed by atoms with van der Waals surface area (Å²) in [6, 6.07) is 1.97. The van der Waals surface area contributed by atoms with Crippen LogP contribution < -0.4 is 15.4 Å². The van der Waals surface area contributed by atoms with Gasteiger partial charge in [-0.1, -0.05) is 12.8 Å². The van der Waals surface area contributed by atoms with E-state index < -0.39 is 11.7 Å². The van der Waals surface area contributed by atoms with Gasteiger partial charge in [0.1, 0.15) is 5.75 Å². The lowest BCUT2D eigenvalue weighted by atomic mass is 10.1. The Kier molecular flexibility index (Phi) is 8.28. The minimum Gasteiger partial charge on any atom is -0.496 e. The summed E-state index contributed by atoms with van der Waals surface area (Å²) in [5, 5.41) is 6.11. The number of hydrogen-bond donors (Lipinski definition) is 2. The second kappa shape index (κ2) is 10.2. The zero-order valence-corrected chi connectivity index (χ0v) is 16.6. The second-order valence-electron chi connectivity index (χ2n) is 6.67. The van der Waals surface area contributed by atoms with Crippen LogP contribution in [0.2, 0.25) is 0 Å². The Bertz CT molecular complexity index is 595. The van der Waals surface area contributed by atoms with Crippen molar-refractivity contribution in [3.8, 4) is 5.75 Å². The van der Waals surface area contributed by atoms with Gasteiger partial charge in [0, 0.05) is 10.9 Å². The minimum absolute atomic E-state index is 0.0466. The molecular formula is C19H27F3N2O2S. The van der Waals surface area contributed by atoms with E-state index in [-0.39, 0.29) is 28.2 Å². The summed E-state index contributed by atoms with van der Waals surface area (Å²) in [6.45, 7) is 2.50. The summed E-state index contributed by atoms with van der Waals surface area (Å²) < 4.78 is 43.8. The highest BCUT2D eigenvalue weighted by Gasteiger charge is 2.33. The number of alkyl halides is 3. The number of benzene rings is 1. The molecule has 4 nitrogen and oxygen atoms in total. The number of rotatable bonds is 4. The normalized spacial score (nSPS) is 17.4. The summed E-state index contributed by atoms with van der Waals surface area (Å²) >= 11 is 1.10. The van der Waals surface area contributed by atoms with Crippen LogP contribution >= 0.6 is 11.8 Å². The van der Waals surface area contributed by atoms with E-state index in [1.54, 1.807) is 6.26 Å². The third kappa shape index (κ3) is 6.31. The van der Waals surface area contributed by atoms with Gasteiger partial charge in [0.15, 0.2) is 0 Å². The van der Waals surface area contributed by atoms with E-state index in [1.165, 1.54) is 33.0 Å². The van der Waals surface area contributed by atoms with Crippen LogP contribution in [0.3, 0.4) is 0 Å². The number of halogens is 3. The molecule has 1 saturated carbocycles. The number of hydrogen-bond acceptors (Lipinski definition) is 4. The molecule has 2 aliphatic rings. The van der Waals surface area contributed by atoms with E-state index >= 15 is 0 Å². The highest BCUT2D eigenvalue weighted by atomic mass is 32.2. The van der Waals surface area contributed by atoms with Crippen molar-refractivity contribution in [3.05, 3.63) is 23.3 Å². The quantitative estimate of drug-likeness (QED) is 0.727. The predicted octanol–water partition coefficient (Wildman–Crippen LogP) is 4.48. The van der Waals surface area contributed by atoms with E-state index in [2.05, 4.69) is 10.6 Å². The van der Waals surface area contributed by atoms with E-state index in [0.29, 0.717) is 0 Å². The maximum Gasteiger partial charge on any atom is 0.416 e. The summed E-state index contributed by atoms with van der Waals surface area (Å²) in [6.07, 6.45) is 3.88. The van der Waals surface area contributed by atoms with Gasteiger partial charge in [0.05, 0.1) is 18.2 Å². The van der Waals surface area contributed by atoms with E-state index in [1.807, 2.05) is 0 Å². The van der Waals surface area contributed by atoms with Crippen LogP contribution in [-0.4, -0.2) is 38.4 Å². The monoisotopic (exact) mass is 404 g/mol. The lowest BCUT2D eigenvalue weighted by molar-refractivity contribution is -0.137. The molecule has 0 spiro atoms. The fraction of sp³-hybridized carbons (Fsp3) is 0.632. The Morgan fingerprint density at radius 2 is 1.81 bits per heavy atom. The van der Waals surface area contributed by atoms with Crippen molar-refractivity contribution in [2.45, 2.75) is 55.6 Å². The van der Waals surface area contributed by atoms with Crippen molar-refractivity contribution in [2.75, 3.05) is 26.5 Å². The van der Waals surface area contributed by atoms with Gasteiger partial charge < -0.3 is 15.4 Å². The first kappa shape index (κ1) is 21.9. The minimum atomic E-state index is -4.47. The predicted molar refractivity (Wildman–Crippen MR) is 102 cm³/mol. The highest BCUT2D eigenvalue weighted by Crippen LogP contribution is 2.38. The van der Waals surface area contributed by atoms with Gasteiger partial charge in [-0.05, 0) is 57.2 Å². The Labute approximate surface area is 162 Å². The molecule has 27 heavy (non-hydrogen) atoms. The van der Waals surface area contributed by atoms with Crippen molar-refractivity contribution < 1.29 is 22.7 Å². The second-order valence-corrected chi connectivity index (χ2v) is 7.51. The lowest BCUT2D eigenvalue weighted by Gasteiger charge is -2.18. The molecule has 0 atom stereocenters. The van der Waals surface area contributed by atoms with Crippen LogP contribution in [0.1, 0.15) is 54.4 Å². The highest BCUT2D eigenvalue weighted by molar-refractivity contribution is 7.98. The molecule has 2 N–H and O–H groups in total. The number of methoxy groups -OCH3 is 1. The molecule has 1 aromatic rings. The van der Waals surface area contributed by atoms with Gasteiger partial charge in [-0.25, -0.2) is 0 Å². The fourth-order valence-corrected chi connectivity index (χ4v) is 3.89. The molecule has 1 aliphatic carbocycles. The smallest absolute Gasteiger partial charge is 0.416 e. The summed E-state index contributed by atoms with van der Waals surface area (Å²) in [5.41, 5.74) is -0.638. The average Bonchev–Trinajstić information content (AvgIpc) is 3.36. The van der Waals surface area contributed by atoms with Crippen molar-refractivity contribution in [2.24, 2.45) is 0 Å². The first-order valence-corrected chi connectivity index (χ1v) is 10.4. The van der Waals surface area contributed by atoms with Gasteiger partial charge in [-0.2, -0.15) is 13.2 Å². The molecule has 0 aromatic heterocycles. The number of nitrogens with one attached hydrogen (secondary N) is 2. The summed E-state index contributed by atoms with van der Waals surface area (Å²) in [4.78, 5) is 12.7. The number of thioether (sulfide) groups is 1. The number of carbonyl (C=O) groups is 1. The molecule has 1 aromatic carbocycles. The van der Waals surface area contributed by atoms with Gasteiger partial charge >= 0.3 is 6.18 Å². The maximum atomic E-state index is 12.9. The molecule has 1 saturated heterocycles. The van der Waals surface area contributed by atoms with Gasteiger partial charge in [0.2, 0.25) is 0 Å². The van der Waals surface area contributed by atoms with Crippen LogP contribution in [0.15, 0.2) is 17.0 Å². The molecular weight excluding hydrogens is 377 g/mol. The summed E-state index contributed by atoms with van der Waals surface area (Å²) in [7, 11) is 1.27. The van der Waals surface area contributed by atoms with Crippen molar-refractivity contribution in [1.82, 2.24) is 10.6 Å². The molecule has 0 unspecified atom stereocenters. The average molecular weight is 404 g/mol. The Morgan fingerprint density at radius 3 is 2.26 bits per heavy atom. The standard InChI is InChI=1S/C15H18F3NO2S.C4H9N/c1-21-11-7-9(15(16,17)18)8-12(22-2)13(11)14(20)19-10-5-3-4-6-10;1-2-4-5-3-1/h7-8,10H,3-6H2,1-2H3,(H,19,20);5H,1-4H2. The molecule has 1 aliphatic heterocycles. The van der Waals surface area contributed by atoms with Crippen LogP contribution in [0.25, 0.3) is 0 Å². The van der Waals surface area contributed by atoms with Crippen LogP contribution in [0.5, 0.6) is 5.75 Å². The van der Waals surface area contributed by atoms with Crippen LogP contribution in [0, 0.1) is 0 Å². The topological polar surface area (TPSA) is 50.4 Å². The molecule has 0 radical (unpaired) electrons. The lowest BCUT2D eigenvalue weighted by Crippen LogP contribution is -2.33. The molecule has 2 fully saturated rings. The number of carbonyl (C=O) groups excluding carboxylic acids is 1. The van der Waals surface area contributed by atoms with E-state index in [0.717, 1.165) is 49.6 Å². The first-order chi connectivity index (χ1) is 12.9. The fourth-order valence-electron chi connectivity index (χ4n) is 3.25. The van der Waals surface area contributed by atoms with Gasteiger partial charge in [0.25, 0.3) is 5.91 Å². The van der Waals surface area contributed by atoms with E-state index in [4.69, 9.17) is 4.74 Å². The van der Waals surface area contributed by atoms with Crippen molar-refractivity contribution in [1.29, 1.82) is 0 Å². The molecule has 8 heteroatoms. The SMILES string of the molecule is C1CCNC1.COc1cc(C(F)(F)F)cc(SC)c1C(=O)NC1CCCC1. The summed E-state index contributed by atoms with van der Waals surface area (Å²) in [5.74, 6) is -0.420. The van der Waals surface area contributed by atoms with Crippen molar-refractivity contribution >= 4 is 17.7 Å². The molecule has 152 valence electrons. The van der Waals surface area contributed by atoms with Crippen LogP contribution in [-0.2, 0) is 6.18 Å². The zero-order valence-electron chi connectivity index (χ0n) is 15.7. The number of amides is 1. The van der Waals surface area contributed by atoms with Crippen LogP contribution in [0.4, 0.5) is 13.2 Å².